The van der Waals surface area contributed by atoms with Crippen molar-refractivity contribution in [1.82, 2.24) is 9.78 Å². The van der Waals surface area contributed by atoms with Crippen LogP contribution in [0.15, 0.2) is 28.1 Å². The zero-order valence-corrected chi connectivity index (χ0v) is 12.8. The van der Waals surface area contributed by atoms with Gasteiger partial charge >= 0.3 is 0 Å². The van der Waals surface area contributed by atoms with E-state index < -0.39 is 0 Å². The van der Waals surface area contributed by atoms with Crippen molar-refractivity contribution >= 4 is 21.6 Å². The van der Waals surface area contributed by atoms with Gasteiger partial charge in [-0.25, -0.2) is 4.68 Å². The first-order valence-electron chi connectivity index (χ1n) is 6.78. The molecule has 0 spiro atoms. The Balaban J connectivity index is 2.12. The lowest BCUT2D eigenvalue weighted by molar-refractivity contribution is 0.583. The highest BCUT2D eigenvalue weighted by Crippen LogP contribution is 2.35. The molecule has 5 heteroatoms. The molecule has 0 aliphatic heterocycles. The van der Waals surface area contributed by atoms with Gasteiger partial charge in [0.15, 0.2) is 0 Å². The average molecular weight is 326 g/mol. The highest BCUT2D eigenvalue weighted by atomic mass is 79.9. The van der Waals surface area contributed by atoms with Gasteiger partial charge in [0.1, 0.15) is 4.47 Å². The first-order valence-corrected chi connectivity index (χ1v) is 7.58. The van der Waals surface area contributed by atoms with Gasteiger partial charge in [-0.05, 0) is 34.7 Å². The number of nitrogens with one attached hydrogen (secondary N) is 1. The lowest BCUT2D eigenvalue weighted by Gasteiger charge is -2.18. The van der Waals surface area contributed by atoms with Crippen LogP contribution in [0.2, 0.25) is 0 Å². The van der Waals surface area contributed by atoms with Crippen molar-refractivity contribution in [2.45, 2.75) is 45.2 Å². The van der Waals surface area contributed by atoms with E-state index in [0.29, 0.717) is 17.1 Å². The van der Waals surface area contributed by atoms with E-state index in [1.807, 2.05) is 0 Å². The van der Waals surface area contributed by atoms with Crippen molar-refractivity contribution in [3.8, 4) is 0 Å². The zero-order valence-electron chi connectivity index (χ0n) is 11.2. The highest BCUT2D eigenvalue weighted by molar-refractivity contribution is 9.10. The molecule has 1 saturated carbocycles. The average Bonchev–Trinajstić information content (AvgIpc) is 3.21. The van der Waals surface area contributed by atoms with Crippen molar-refractivity contribution in [2.75, 3.05) is 5.32 Å². The number of aromatic nitrogens is 2. The summed E-state index contributed by atoms with van der Waals surface area (Å²) in [6, 6.07) is 0.417. The summed E-state index contributed by atoms with van der Waals surface area (Å²) in [5, 5.41) is 7.58. The van der Waals surface area contributed by atoms with Crippen LogP contribution < -0.4 is 10.9 Å². The molecule has 19 heavy (non-hydrogen) atoms. The number of anilines is 1. The third kappa shape index (κ3) is 3.69. The SMILES string of the molecule is C=CCn1ncc(NC(CC)CC2CC2)c(Br)c1=O. The smallest absolute Gasteiger partial charge is 0.283 e. The molecule has 2 rings (SSSR count). The van der Waals surface area contributed by atoms with Crippen LogP contribution in [-0.4, -0.2) is 15.8 Å². The standard InChI is InChI=1S/C14H20BrN3O/c1-3-7-18-14(19)13(15)12(9-16-18)17-11(4-2)8-10-5-6-10/h3,9-11,17H,1,4-8H2,2H3. The summed E-state index contributed by atoms with van der Waals surface area (Å²) >= 11 is 3.37. The fourth-order valence-electron chi connectivity index (χ4n) is 2.12. The van der Waals surface area contributed by atoms with E-state index in [2.05, 4.69) is 39.8 Å². The largest absolute Gasteiger partial charge is 0.380 e. The Morgan fingerprint density at radius 1 is 1.68 bits per heavy atom. The molecule has 1 aliphatic carbocycles. The minimum absolute atomic E-state index is 0.119. The number of allylic oxidation sites excluding steroid dienone is 1. The van der Waals surface area contributed by atoms with Gasteiger partial charge in [-0.2, -0.15) is 5.10 Å². The lowest BCUT2D eigenvalue weighted by atomic mass is 10.1. The summed E-state index contributed by atoms with van der Waals surface area (Å²) in [6.07, 6.45) is 8.30. The van der Waals surface area contributed by atoms with Crippen molar-refractivity contribution in [3.63, 3.8) is 0 Å². The predicted octanol–water partition coefficient (Wildman–Crippen LogP) is 3.18. The second kappa shape index (κ2) is 6.37. The molecular formula is C14H20BrN3O. The number of hydrogen-bond donors (Lipinski definition) is 1. The van der Waals surface area contributed by atoms with Gasteiger partial charge < -0.3 is 5.32 Å². The van der Waals surface area contributed by atoms with Gasteiger partial charge in [-0.1, -0.05) is 25.8 Å². The Morgan fingerprint density at radius 2 is 2.42 bits per heavy atom. The number of hydrogen-bond acceptors (Lipinski definition) is 3. The van der Waals surface area contributed by atoms with E-state index >= 15 is 0 Å². The number of nitrogens with zero attached hydrogens (tertiary/aromatic N) is 2. The van der Waals surface area contributed by atoms with Crippen LogP contribution in [-0.2, 0) is 6.54 Å². The normalized spacial score (nSPS) is 16.1. The molecule has 1 aliphatic rings. The molecule has 0 aromatic carbocycles. The molecule has 1 unspecified atom stereocenters. The first kappa shape index (κ1) is 14.3. The Hall–Kier alpha value is -1.10. The van der Waals surface area contributed by atoms with Crippen LogP contribution in [0.4, 0.5) is 5.69 Å². The van der Waals surface area contributed by atoms with E-state index in [1.54, 1.807) is 12.3 Å². The maximum atomic E-state index is 12.0. The van der Waals surface area contributed by atoms with Crippen LogP contribution in [0.5, 0.6) is 0 Å². The summed E-state index contributed by atoms with van der Waals surface area (Å²) in [6.45, 7) is 6.21. The van der Waals surface area contributed by atoms with E-state index in [1.165, 1.54) is 23.9 Å². The molecule has 1 fully saturated rings. The third-order valence-electron chi connectivity index (χ3n) is 3.45. The summed E-state index contributed by atoms with van der Waals surface area (Å²) in [5.74, 6) is 0.866. The van der Waals surface area contributed by atoms with Crippen LogP contribution in [0.3, 0.4) is 0 Å². The summed E-state index contributed by atoms with van der Waals surface area (Å²) < 4.78 is 1.95. The molecule has 104 valence electrons. The van der Waals surface area contributed by atoms with E-state index in [4.69, 9.17) is 0 Å². The Kier molecular flexibility index (Phi) is 4.80. The second-order valence-electron chi connectivity index (χ2n) is 5.08. The summed E-state index contributed by atoms with van der Waals surface area (Å²) in [7, 11) is 0. The number of halogens is 1. The third-order valence-corrected chi connectivity index (χ3v) is 4.22. The van der Waals surface area contributed by atoms with E-state index in [-0.39, 0.29) is 5.56 Å². The fourth-order valence-corrected chi connectivity index (χ4v) is 2.54. The molecule has 0 amide bonds. The van der Waals surface area contributed by atoms with Crippen molar-refractivity contribution < 1.29 is 0 Å². The maximum Gasteiger partial charge on any atom is 0.283 e. The summed E-state index contributed by atoms with van der Waals surface area (Å²) in [5.41, 5.74) is 0.670. The summed E-state index contributed by atoms with van der Waals surface area (Å²) in [4.78, 5) is 12.0. The molecule has 1 atom stereocenters. The topological polar surface area (TPSA) is 46.9 Å². The van der Waals surface area contributed by atoms with Crippen molar-refractivity contribution in [3.05, 3.63) is 33.7 Å². The molecule has 0 bridgehead atoms. The van der Waals surface area contributed by atoms with E-state index in [0.717, 1.165) is 18.0 Å². The van der Waals surface area contributed by atoms with Crippen LogP contribution in [0.25, 0.3) is 0 Å². The van der Waals surface area contributed by atoms with Crippen LogP contribution in [0, 0.1) is 5.92 Å². The molecule has 1 heterocycles. The molecular weight excluding hydrogens is 306 g/mol. The lowest BCUT2D eigenvalue weighted by Crippen LogP contribution is -2.26. The van der Waals surface area contributed by atoms with Gasteiger partial charge in [0.25, 0.3) is 5.56 Å². The van der Waals surface area contributed by atoms with Gasteiger partial charge in [0.2, 0.25) is 0 Å². The monoisotopic (exact) mass is 325 g/mol. The molecule has 1 aromatic heterocycles. The minimum atomic E-state index is -0.119. The maximum absolute atomic E-state index is 12.0. The van der Waals surface area contributed by atoms with Gasteiger partial charge in [0, 0.05) is 6.04 Å². The Labute approximate surface area is 122 Å². The van der Waals surface area contributed by atoms with Crippen molar-refractivity contribution in [1.29, 1.82) is 0 Å². The molecule has 1 N–H and O–H groups in total. The fraction of sp³-hybridized carbons (Fsp3) is 0.571. The molecule has 0 radical (unpaired) electrons. The number of rotatable bonds is 7. The van der Waals surface area contributed by atoms with Gasteiger partial charge in [0.05, 0.1) is 18.4 Å². The van der Waals surface area contributed by atoms with Crippen molar-refractivity contribution in [2.24, 2.45) is 5.92 Å². The van der Waals surface area contributed by atoms with Gasteiger partial charge in [-0.15, -0.1) is 6.58 Å². The molecule has 1 aromatic rings. The quantitative estimate of drug-likeness (QED) is 0.783. The zero-order chi connectivity index (χ0) is 13.8. The second-order valence-corrected chi connectivity index (χ2v) is 5.87. The molecule has 0 saturated heterocycles. The minimum Gasteiger partial charge on any atom is -0.380 e. The Bertz CT molecular complexity index is 508. The van der Waals surface area contributed by atoms with Crippen LogP contribution >= 0.6 is 15.9 Å². The molecule has 4 nitrogen and oxygen atoms in total. The van der Waals surface area contributed by atoms with Gasteiger partial charge in [-0.3, -0.25) is 4.79 Å². The highest BCUT2D eigenvalue weighted by Gasteiger charge is 2.25. The predicted molar refractivity (Wildman–Crippen MR) is 81.4 cm³/mol. The Morgan fingerprint density at radius 3 is 3.00 bits per heavy atom. The first-order chi connectivity index (χ1) is 9.15. The van der Waals surface area contributed by atoms with Crippen LogP contribution in [0.1, 0.15) is 32.6 Å². The van der Waals surface area contributed by atoms with E-state index in [9.17, 15) is 4.79 Å².